The number of unbranched alkanes of at least 4 members (excludes halogenated alkanes) is 9. The Balaban J connectivity index is 1.67. The topological polar surface area (TPSA) is 48.5 Å². The van der Waals surface area contributed by atoms with Crippen LogP contribution in [0, 0.1) is 12.3 Å². The van der Waals surface area contributed by atoms with E-state index < -0.39 is 0 Å². The molecule has 6 heteroatoms. The monoisotopic (exact) mass is 481 g/mol. The largest absolute Gasteiger partial charge is 0.479 e. The fourth-order valence-corrected chi connectivity index (χ4v) is 4.20. The molecule has 0 aliphatic carbocycles. The van der Waals surface area contributed by atoms with Crippen molar-refractivity contribution in [3.8, 4) is 29.5 Å². The molecule has 0 N–H and O–H groups in total. The smallest absolute Gasteiger partial charge is 0.262 e. The highest BCUT2D eigenvalue weighted by Crippen LogP contribution is 2.23. The van der Waals surface area contributed by atoms with Crippen LogP contribution in [0.4, 0.5) is 0 Å². The molecular formula is C28H36ClN3O2. The van der Waals surface area contributed by atoms with Gasteiger partial charge in [-0.3, -0.25) is 13.8 Å². The van der Waals surface area contributed by atoms with Crippen molar-refractivity contribution in [1.82, 2.24) is 14.0 Å². The molecule has 5 nitrogen and oxygen atoms in total. The quantitative estimate of drug-likeness (QED) is 0.171. The van der Waals surface area contributed by atoms with Crippen molar-refractivity contribution >= 4 is 17.4 Å². The second-order valence-corrected chi connectivity index (χ2v) is 9.20. The van der Waals surface area contributed by atoms with Gasteiger partial charge in [-0.25, -0.2) is 4.98 Å². The van der Waals surface area contributed by atoms with Gasteiger partial charge < -0.3 is 4.74 Å². The number of halogens is 1. The second-order valence-electron chi connectivity index (χ2n) is 8.76. The number of ether oxygens (including phenoxy) is 1. The van der Waals surface area contributed by atoms with Gasteiger partial charge in [0, 0.05) is 29.7 Å². The first-order valence-corrected chi connectivity index (χ1v) is 13.0. The lowest BCUT2D eigenvalue weighted by Gasteiger charge is -2.15. The number of nitrogens with zero attached hydrogens (tertiary/aromatic N) is 3. The molecule has 2 aromatic heterocycles. The van der Waals surface area contributed by atoms with Crippen LogP contribution in [-0.4, -0.2) is 20.6 Å². The number of rotatable bonds is 15. The maximum absolute atomic E-state index is 12.9. The summed E-state index contributed by atoms with van der Waals surface area (Å²) in [5.74, 6) is 3.93. The van der Waals surface area contributed by atoms with E-state index in [1.807, 2.05) is 28.8 Å². The lowest BCUT2D eigenvalue weighted by molar-refractivity contribution is 0.276. The van der Waals surface area contributed by atoms with Crippen LogP contribution >= 0.6 is 11.6 Å². The van der Waals surface area contributed by atoms with Gasteiger partial charge in [-0.1, -0.05) is 75.6 Å². The molecule has 0 aliphatic rings. The summed E-state index contributed by atoms with van der Waals surface area (Å²) in [5, 5.41) is 0.672. The minimum Gasteiger partial charge on any atom is -0.479 e. The molecule has 2 heterocycles. The van der Waals surface area contributed by atoms with Crippen molar-refractivity contribution in [1.29, 1.82) is 0 Å². The fourth-order valence-electron chi connectivity index (χ4n) is 4.07. The summed E-state index contributed by atoms with van der Waals surface area (Å²) in [7, 11) is 0. The molecule has 0 atom stereocenters. The van der Waals surface area contributed by atoms with E-state index in [-0.39, 0.29) is 5.56 Å². The Labute approximate surface area is 208 Å². The van der Waals surface area contributed by atoms with Gasteiger partial charge in [0.25, 0.3) is 5.56 Å². The first-order valence-electron chi connectivity index (χ1n) is 12.6. The van der Waals surface area contributed by atoms with E-state index in [4.69, 9.17) is 27.7 Å². The van der Waals surface area contributed by atoms with Crippen molar-refractivity contribution in [3.63, 3.8) is 0 Å². The minimum absolute atomic E-state index is 0.128. The number of hydrogen-bond donors (Lipinski definition) is 0. The average molecular weight is 482 g/mol. The zero-order valence-corrected chi connectivity index (χ0v) is 21.0. The SMILES string of the molecule is C#CCCCCCCCCCOc1cc(=O)n2cc(-c3ccc(Cl)cc3)nc2n1CCCCC. The summed E-state index contributed by atoms with van der Waals surface area (Å²) >= 11 is 6.03. The van der Waals surface area contributed by atoms with E-state index in [9.17, 15) is 4.79 Å². The zero-order chi connectivity index (χ0) is 24.2. The van der Waals surface area contributed by atoms with Crippen LogP contribution < -0.4 is 10.3 Å². The standard InChI is InChI=1S/C28H36ClN3O2/c1-3-5-7-8-9-10-11-12-14-20-34-27-21-26(33)32-22-25(23-15-17-24(29)18-16-23)30-28(32)31(27)19-13-6-4-2/h1,15-18,21-22H,4-14,19-20H2,2H3. The van der Waals surface area contributed by atoms with Crippen LogP contribution in [0.15, 0.2) is 41.3 Å². The van der Waals surface area contributed by atoms with Gasteiger partial charge in [0.2, 0.25) is 11.7 Å². The Morgan fingerprint density at radius 3 is 2.41 bits per heavy atom. The molecule has 0 spiro atoms. The van der Waals surface area contributed by atoms with Gasteiger partial charge in [-0.2, -0.15) is 0 Å². The number of aromatic nitrogens is 3. The predicted molar refractivity (Wildman–Crippen MR) is 141 cm³/mol. The Bertz CT molecular complexity index is 1130. The molecule has 0 bridgehead atoms. The minimum atomic E-state index is -0.128. The van der Waals surface area contributed by atoms with Crippen molar-refractivity contribution < 1.29 is 4.74 Å². The van der Waals surface area contributed by atoms with E-state index in [0.29, 0.717) is 23.3 Å². The third-order valence-electron chi connectivity index (χ3n) is 6.02. The molecule has 34 heavy (non-hydrogen) atoms. The van der Waals surface area contributed by atoms with Crippen molar-refractivity contribution in [3.05, 3.63) is 51.9 Å². The Morgan fingerprint density at radius 1 is 1.00 bits per heavy atom. The summed E-state index contributed by atoms with van der Waals surface area (Å²) in [6.07, 6.45) is 19.3. The third kappa shape index (κ3) is 7.40. The second kappa shape index (κ2) is 13.9. The highest BCUT2D eigenvalue weighted by molar-refractivity contribution is 6.30. The zero-order valence-electron chi connectivity index (χ0n) is 20.3. The van der Waals surface area contributed by atoms with Crippen LogP contribution in [0.2, 0.25) is 5.02 Å². The van der Waals surface area contributed by atoms with Crippen molar-refractivity contribution in [2.75, 3.05) is 6.61 Å². The van der Waals surface area contributed by atoms with Gasteiger partial charge in [-0.15, -0.1) is 12.3 Å². The predicted octanol–water partition coefficient (Wildman–Crippen LogP) is 7.14. The van der Waals surface area contributed by atoms with Crippen LogP contribution in [0.25, 0.3) is 17.0 Å². The van der Waals surface area contributed by atoms with E-state index in [2.05, 4.69) is 12.8 Å². The van der Waals surface area contributed by atoms with E-state index >= 15 is 0 Å². The molecule has 0 saturated heterocycles. The molecule has 0 radical (unpaired) electrons. The summed E-state index contributed by atoms with van der Waals surface area (Å²) in [6.45, 7) is 3.55. The molecule has 0 fully saturated rings. The normalized spacial score (nSPS) is 11.1. The number of hydrogen-bond acceptors (Lipinski definition) is 3. The highest BCUT2D eigenvalue weighted by atomic mass is 35.5. The summed E-state index contributed by atoms with van der Waals surface area (Å²) in [6, 6.07) is 9.10. The van der Waals surface area contributed by atoms with Crippen LogP contribution in [0.1, 0.15) is 77.6 Å². The molecular weight excluding hydrogens is 446 g/mol. The number of aryl methyl sites for hydroxylation is 1. The highest BCUT2D eigenvalue weighted by Gasteiger charge is 2.14. The Hall–Kier alpha value is -2.71. The van der Waals surface area contributed by atoms with E-state index in [1.165, 1.54) is 25.7 Å². The van der Waals surface area contributed by atoms with E-state index in [0.717, 1.165) is 62.7 Å². The summed E-state index contributed by atoms with van der Waals surface area (Å²) in [5.41, 5.74) is 1.54. The van der Waals surface area contributed by atoms with Gasteiger partial charge >= 0.3 is 0 Å². The van der Waals surface area contributed by atoms with Crippen LogP contribution in [0.3, 0.4) is 0 Å². The number of terminal acetylenes is 1. The van der Waals surface area contributed by atoms with E-state index in [1.54, 1.807) is 16.7 Å². The van der Waals surface area contributed by atoms with Gasteiger partial charge in [-0.05, 0) is 31.4 Å². The average Bonchev–Trinajstić information content (AvgIpc) is 3.29. The van der Waals surface area contributed by atoms with Crippen molar-refractivity contribution in [2.45, 2.75) is 84.1 Å². The molecule has 0 amide bonds. The first-order chi connectivity index (χ1) is 16.6. The molecule has 182 valence electrons. The maximum atomic E-state index is 12.9. The van der Waals surface area contributed by atoms with Gasteiger partial charge in [0.15, 0.2) is 0 Å². The lowest BCUT2D eigenvalue weighted by Crippen LogP contribution is -2.19. The summed E-state index contributed by atoms with van der Waals surface area (Å²) in [4.78, 5) is 17.7. The molecule has 0 saturated carbocycles. The Morgan fingerprint density at radius 2 is 1.71 bits per heavy atom. The third-order valence-corrected chi connectivity index (χ3v) is 6.27. The molecule has 0 unspecified atom stereocenters. The number of imidazole rings is 1. The van der Waals surface area contributed by atoms with Crippen LogP contribution in [-0.2, 0) is 6.54 Å². The molecule has 1 aromatic carbocycles. The van der Waals surface area contributed by atoms with Gasteiger partial charge in [0.1, 0.15) is 0 Å². The Kier molecular flexibility index (Phi) is 10.6. The molecule has 3 aromatic rings. The lowest BCUT2D eigenvalue weighted by atomic mass is 10.1. The van der Waals surface area contributed by atoms with Crippen LogP contribution in [0.5, 0.6) is 5.88 Å². The van der Waals surface area contributed by atoms with Crippen molar-refractivity contribution in [2.24, 2.45) is 0 Å². The first kappa shape index (κ1) is 25.9. The van der Waals surface area contributed by atoms with Gasteiger partial charge in [0.05, 0.1) is 18.4 Å². The number of benzene rings is 1. The summed E-state index contributed by atoms with van der Waals surface area (Å²) < 4.78 is 9.77. The fraction of sp³-hybridized carbons (Fsp3) is 0.500. The maximum Gasteiger partial charge on any atom is 0.262 e. The molecule has 3 rings (SSSR count). The molecule has 0 aliphatic heterocycles. The number of fused-ring (bicyclic) bond motifs is 1.